The highest BCUT2D eigenvalue weighted by Gasteiger charge is 2.14. The zero-order valence-corrected chi connectivity index (χ0v) is 11.0. The van der Waals surface area contributed by atoms with Gasteiger partial charge in [0.25, 0.3) is 0 Å². The second-order valence-electron chi connectivity index (χ2n) is 4.48. The maximum atomic E-state index is 11.3. The Labute approximate surface area is 95.0 Å². The molecule has 0 atom stereocenters. The van der Waals surface area contributed by atoms with Crippen LogP contribution in [-0.2, 0) is 4.79 Å². The quantitative estimate of drug-likeness (QED) is 0.472. The van der Waals surface area contributed by atoms with Gasteiger partial charge < -0.3 is 5.32 Å². The Morgan fingerprint density at radius 2 is 1.92 bits per heavy atom. The molecule has 0 aliphatic rings. The molecule has 2 nitrogen and oxygen atoms in total. The average molecular weight is 297 g/mol. The minimum absolute atomic E-state index is 0.105. The molecule has 0 aliphatic heterocycles. The van der Waals surface area contributed by atoms with E-state index in [9.17, 15) is 4.79 Å². The SMILES string of the molecule is CC(C)(C)CC(=O)NCCCCI. The molecule has 0 spiro atoms. The van der Waals surface area contributed by atoms with Crippen molar-refractivity contribution in [1.82, 2.24) is 5.32 Å². The molecule has 0 radical (unpaired) electrons. The van der Waals surface area contributed by atoms with Crippen LogP contribution in [0.25, 0.3) is 0 Å². The van der Waals surface area contributed by atoms with E-state index in [0.29, 0.717) is 6.42 Å². The number of unbranched alkanes of at least 4 members (excludes halogenated alkanes) is 1. The van der Waals surface area contributed by atoms with E-state index in [1.807, 2.05) is 0 Å². The molecule has 0 saturated carbocycles. The molecule has 78 valence electrons. The van der Waals surface area contributed by atoms with Crippen molar-refractivity contribution >= 4 is 28.5 Å². The van der Waals surface area contributed by atoms with Crippen molar-refractivity contribution in [1.29, 1.82) is 0 Å². The van der Waals surface area contributed by atoms with Gasteiger partial charge in [-0.15, -0.1) is 0 Å². The Kier molecular flexibility index (Phi) is 6.73. The lowest BCUT2D eigenvalue weighted by atomic mass is 9.92. The molecular formula is C10H20INO. The molecule has 0 rings (SSSR count). The Bertz CT molecular complexity index is 151. The minimum atomic E-state index is 0.105. The lowest BCUT2D eigenvalue weighted by Gasteiger charge is -2.17. The summed E-state index contributed by atoms with van der Waals surface area (Å²) in [5, 5.41) is 2.93. The van der Waals surface area contributed by atoms with Crippen LogP contribution in [0.15, 0.2) is 0 Å². The van der Waals surface area contributed by atoms with Gasteiger partial charge >= 0.3 is 0 Å². The first kappa shape index (κ1) is 13.2. The van der Waals surface area contributed by atoms with E-state index in [1.54, 1.807) is 0 Å². The molecule has 0 bridgehead atoms. The summed E-state index contributed by atoms with van der Waals surface area (Å²) in [6.07, 6.45) is 2.91. The highest BCUT2D eigenvalue weighted by Crippen LogP contribution is 2.17. The zero-order valence-electron chi connectivity index (χ0n) is 8.82. The monoisotopic (exact) mass is 297 g/mol. The zero-order chi connectivity index (χ0) is 10.3. The summed E-state index contributed by atoms with van der Waals surface area (Å²) in [7, 11) is 0. The molecule has 0 saturated heterocycles. The van der Waals surface area contributed by atoms with Crippen molar-refractivity contribution in [3.8, 4) is 0 Å². The number of halogens is 1. The fourth-order valence-electron chi connectivity index (χ4n) is 0.991. The lowest BCUT2D eigenvalue weighted by Crippen LogP contribution is -2.28. The lowest BCUT2D eigenvalue weighted by molar-refractivity contribution is -0.122. The van der Waals surface area contributed by atoms with E-state index in [-0.39, 0.29) is 11.3 Å². The van der Waals surface area contributed by atoms with Crippen LogP contribution in [0.1, 0.15) is 40.0 Å². The van der Waals surface area contributed by atoms with Gasteiger partial charge in [0.05, 0.1) is 0 Å². The standard InChI is InChI=1S/C10H20INO/c1-10(2,3)8-9(13)12-7-5-4-6-11/h4-8H2,1-3H3,(H,12,13). The summed E-state index contributed by atoms with van der Waals surface area (Å²) in [6, 6.07) is 0. The maximum absolute atomic E-state index is 11.3. The predicted octanol–water partition coefficient (Wildman–Crippen LogP) is 2.75. The second kappa shape index (κ2) is 6.62. The summed E-state index contributed by atoms with van der Waals surface area (Å²) >= 11 is 2.35. The summed E-state index contributed by atoms with van der Waals surface area (Å²) in [5.74, 6) is 0.181. The highest BCUT2D eigenvalue weighted by molar-refractivity contribution is 14.1. The van der Waals surface area contributed by atoms with Crippen molar-refractivity contribution in [2.24, 2.45) is 5.41 Å². The molecular weight excluding hydrogens is 277 g/mol. The number of hydrogen-bond acceptors (Lipinski definition) is 1. The largest absolute Gasteiger partial charge is 0.356 e. The fraction of sp³-hybridized carbons (Fsp3) is 0.900. The van der Waals surface area contributed by atoms with Gasteiger partial charge in [-0.3, -0.25) is 4.79 Å². The van der Waals surface area contributed by atoms with Crippen LogP contribution in [0, 0.1) is 5.41 Å². The molecule has 0 aromatic heterocycles. The van der Waals surface area contributed by atoms with E-state index in [4.69, 9.17) is 0 Å². The van der Waals surface area contributed by atoms with Crippen LogP contribution >= 0.6 is 22.6 Å². The maximum Gasteiger partial charge on any atom is 0.220 e. The Balaban J connectivity index is 3.41. The summed E-state index contributed by atoms with van der Waals surface area (Å²) in [6.45, 7) is 7.07. The second-order valence-corrected chi connectivity index (χ2v) is 5.56. The number of alkyl halides is 1. The van der Waals surface area contributed by atoms with Crippen molar-refractivity contribution in [2.45, 2.75) is 40.0 Å². The van der Waals surface area contributed by atoms with Gasteiger partial charge in [0, 0.05) is 13.0 Å². The molecule has 0 fully saturated rings. The van der Waals surface area contributed by atoms with Crippen LogP contribution in [0.2, 0.25) is 0 Å². The third kappa shape index (κ3) is 10.1. The molecule has 0 aliphatic carbocycles. The first-order valence-corrected chi connectivity index (χ1v) is 6.31. The van der Waals surface area contributed by atoms with Gasteiger partial charge in [-0.1, -0.05) is 43.4 Å². The average Bonchev–Trinajstić information content (AvgIpc) is 1.94. The molecule has 0 aromatic rings. The van der Waals surface area contributed by atoms with E-state index >= 15 is 0 Å². The van der Waals surface area contributed by atoms with E-state index in [0.717, 1.165) is 13.0 Å². The smallest absolute Gasteiger partial charge is 0.220 e. The van der Waals surface area contributed by atoms with Crippen molar-refractivity contribution in [2.75, 3.05) is 11.0 Å². The molecule has 0 heterocycles. The number of nitrogens with one attached hydrogen (secondary N) is 1. The Morgan fingerprint density at radius 3 is 2.38 bits per heavy atom. The number of carbonyl (C=O) groups is 1. The van der Waals surface area contributed by atoms with Crippen LogP contribution in [-0.4, -0.2) is 16.9 Å². The van der Waals surface area contributed by atoms with Gasteiger partial charge in [0.15, 0.2) is 0 Å². The van der Waals surface area contributed by atoms with Crippen LogP contribution in [0.3, 0.4) is 0 Å². The van der Waals surface area contributed by atoms with Gasteiger partial charge in [0.1, 0.15) is 0 Å². The normalized spacial score (nSPS) is 11.4. The van der Waals surface area contributed by atoms with Crippen LogP contribution in [0.5, 0.6) is 0 Å². The van der Waals surface area contributed by atoms with Gasteiger partial charge in [-0.05, 0) is 22.7 Å². The first-order chi connectivity index (χ1) is 5.95. The topological polar surface area (TPSA) is 29.1 Å². The number of carbonyl (C=O) groups excluding carboxylic acids is 1. The number of hydrogen-bond donors (Lipinski definition) is 1. The fourth-order valence-corrected chi connectivity index (χ4v) is 1.53. The van der Waals surface area contributed by atoms with Crippen molar-refractivity contribution in [3.05, 3.63) is 0 Å². The predicted molar refractivity (Wildman–Crippen MR) is 65.2 cm³/mol. The third-order valence-corrected chi connectivity index (χ3v) is 2.34. The molecule has 13 heavy (non-hydrogen) atoms. The Morgan fingerprint density at radius 1 is 1.31 bits per heavy atom. The first-order valence-electron chi connectivity index (χ1n) is 4.78. The molecule has 0 aromatic carbocycles. The van der Waals surface area contributed by atoms with Gasteiger partial charge in [-0.2, -0.15) is 0 Å². The van der Waals surface area contributed by atoms with Crippen molar-refractivity contribution in [3.63, 3.8) is 0 Å². The van der Waals surface area contributed by atoms with E-state index in [2.05, 4.69) is 48.7 Å². The molecule has 1 amide bonds. The Hall–Kier alpha value is 0.200. The molecule has 3 heteroatoms. The number of amides is 1. The highest BCUT2D eigenvalue weighted by atomic mass is 127. The van der Waals surface area contributed by atoms with Crippen LogP contribution < -0.4 is 5.32 Å². The van der Waals surface area contributed by atoms with Crippen molar-refractivity contribution < 1.29 is 4.79 Å². The summed E-state index contributed by atoms with van der Waals surface area (Å²) in [4.78, 5) is 11.3. The molecule has 1 N–H and O–H groups in total. The van der Waals surface area contributed by atoms with E-state index in [1.165, 1.54) is 10.8 Å². The van der Waals surface area contributed by atoms with E-state index < -0.39 is 0 Å². The third-order valence-electron chi connectivity index (χ3n) is 1.57. The minimum Gasteiger partial charge on any atom is -0.356 e. The van der Waals surface area contributed by atoms with Crippen LogP contribution in [0.4, 0.5) is 0 Å². The van der Waals surface area contributed by atoms with Gasteiger partial charge in [0.2, 0.25) is 5.91 Å². The summed E-state index contributed by atoms with van der Waals surface area (Å²) < 4.78 is 1.17. The number of rotatable bonds is 5. The summed E-state index contributed by atoms with van der Waals surface area (Å²) in [5.41, 5.74) is 0.105. The molecule has 0 unspecified atom stereocenters. The van der Waals surface area contributed by atoms with Gasteiger partial charge in [-0.25, -0.2) is 0 Å².